The van der Waals surface area contributed by atoms with Crippen LogP contribution in [0.3, 0.4) is 0 Å². The third kappa shape index (κ3) is 5.30. The van der Waals surface area contributed by atoms with Gasteiger partial charge < -0.3 is 15.3 Å². The first-order valence-electron chi connectivity index (χ1n) is 13.8. The highest BCUT2D eigenvalue weighted by molar-refractivity contribution is 6.06. The molecule has 0 radical (unpaired) electrons. The first kappa shape index (κ1) is 26.6. The number of nitrogens with zero attached hydrogens (tertiary/aromatic N) is 1. The second-order valence-corrected chi connectivity index (χ2v) is 10.7. The molecule has 2 fully saturated rings. The zero-order chi connectivity index (χ0) is 25.8. The summed E-state index contributed by atoms with van der Waals surface area (Å²) in [6.45, 7) is 3.87. The van der Waals surface area contributed by atoms with Gasteiger partial charge in [-0.05, 0) is 68.2 Å². The molecule has 2 amide bonds. The van der Waals surface area contributed by atoms with E-state index < -0.39 is 23.9 Å². The normalized spacial score (nSPS) is 26.5. The molecule has 1 aliphatic heterocycles. The summed E-state index contributed by atoms with van der Waals surface area (Å²) in [6, 6.07) is 7.03. The molecular weight excluding hydrogens is 454 g/mol. The van der Waals surface area contributed by atoms with Crippen LogP contribution < -0.4 is 0 Å². The molecule has 0 bridgehead atoms. The first-order chi connectivity index (χ1) is 17.4. The van der Waals surface area contributed by atoms with Gasteiger partial charge in [0.15, 0.2) is 0 Å². The van der Waals surface area contributed by atoms with Gasteiger partial charge in [-0.3, -0.25) is 14.5 Å². The average molecular weight is 496 g/mol. The number of fused-ring (bicyclic) bond motifs is 1. The maximum atomic E-state index is 13.6. The molecule has 2 aliphatic carbocycles. The number of rotatable bonds is 9. The number of hydrogen-bond donors (Lipinski definition) is 3. The van der Waals surface area contributed by atoms with Crippen LogP contribution in [0.15, 0.2) is 41.0 Å². The molecule has 6 nitrogen and oxygen atoms in total. The van der Waals surface area contributed by atoms with Gasteiger partial charge in [-0.25, -0.2) is 0 Å². The van der Waals surface area contributed by atoms with E-state index in [1.54, 1.807) is 12.1 Å². The zero-order valence-corrected chi connectivity index (χ0v) is 21.7. The molecule has 1 saturated carbocycles. The Balaban J connectivity index is 1.53. The highest BCUT2D eigenvalue weighted by atomic mass is 16.3. The van der Waals surface area contributed by atoms with Crippen molar-refractivity contribution in [2.75, 3.05) is 6.61 Å². The number of aromatic hydroxyl groups is 1. The molecule has 196 valence electrons. The Morgan fingerprint density at radius 1 is 1.08 bits per heavy atom. The molecular formula is C30H41NO5. The van der Waals surface area contributed by atoms with Crippen LogP contribution >= 0.6 is 0 Å². The molecule has 4 atom stereocenters. The van der Waals surface area contributed by atoms with Crippen LogP contribution in [0.1, 0.15) is 83.6 Å². The van der Waals surface area contributed by atoms with Gasteiger partial charge in [0.25, 0.3) is 0 Å². The molecule has 3 aliphatic rings. The third-order valence-corrected chi connectivity index (χ3v) is 8.60. The van der Waals surface area contributed by atoms with Crippen LogP contribution in [-0.2, 0) is 9.59 Å². The third-order valence-electron chi connectivity index (χ3n) is 8.60. The summed E-state index contributed by atoms with van der Waals surface area (Å²) in [7, 11) is 0. The van der Waals surface area contributed by atoms with Crippen LogP contribution in [0, 0.1) is 17.8 Å². The summed E-state index contributed by atoms with van der Waals surface area (Å²) in [4.78, 5) is 28.5. The Morgan fingerprint density at radius 2 is 1.78 bits per heavy atom. The molecule has 0 unspecified atom stereocenters. The fourth-order valence-corrected chi connectivity index (χ4v) is 6.66. The van der Waals surface area contributed by atoms with Crippen LogP contribution in [0.4, 0.5) is 0 Å². The molecule has 1 saturated heterocycles. The minimum atomic E-state index is -0.764. The first-order valence-corrected chi connectivity index (χ1v) is 13.8. The van der Waals surface area contributed by atoms with Crippen molar-refractivity contribution in [2.45, 2.75) is 90.2 Å². The molecule has 0 aromatic heterocycles. The minimum Gasteiger partial charge on any atom is -0.508 e. The molecule has 1 heterocycles. The van der Waals surface area contributed by atoms with Gasteiger partial charge in [0, 0.05) is 12.0 Å². The predicted octanol–water partition coefficient (Wildman–Crippen LogP) is 4.98. The zero-order valence-electron chi connectivity index (χ0n) is 21.7. The highest BCUT2D eigenvalue weighted by Gasteiger charge is 2.56. The summed E-state index contributed by atoms with van der Waals surface area (Å²) in [5, 5.41) is 31.4. The monoisotopic (exact) mass is 495 g/mol. The van der Waals surface area contributed by atoms with Crippen molar-refractivity contribution in [2.24, 2.45) is 17.8 Å². The van der Waals surface area contributed by atoms with Gasteiger partial charge in [-0.1, -0.05) is 62.5 Å². The molecule has 0 spiro atoms. The fourth-order valence-electron chi connectivity index (χ4n) is 6.66. The van der Waals surface area contributed by atoms with Gasteiger partial charge in [0.2, 0.25) is 11.8 Å². The standard InChI is InChI=1S/C30H41NO5/c1-3-19(16-20-10-13-23(33)14-11-20)12-15-26(34)27-21(4-2)17-24-28(25(27)18-32)30(36)31(29(24)35)22-8-6-5-7-9-22/h10-11,13-14,16,22,24-26,28,32-34H,3-9,12,15,17-18H2,1-2H3/b19-16+/t24-,25+,26-,28-/m1/s1. The van der Waals surface area contributed by atoms with E-state index in [4.69, 9.17) is 0 Å². The topological polar surface area (TPSA) is 98.1 Å². The van der Waals surface area contributed by atoms with E-state index in [2.05, 4.69) is 13.0 Å². The Hall–Kier alpha value is -2.44. The number of aliphatic hydroxyl groups excluding tert-OH is 2. The fraction of sp³-hybridized carbons (Fsp3) is 0.600. The van der Waals surface area contributed by atoms with Crippen LogP contribution in [0.25, 0.3) is 6.08 Å². The maximum Gasteiger partial charge on any atom is 0.234 e. The van der Waals surface area contributed by atoms with Gasteiger partial charge in [-0.2, -0.15) is 0 Å². The Morgan fingerprint density at radius 3 is 2.39 bits per heavy atom. The quantitative estimate of drug-likeness (QED) is 0.332. The van der Waals surface area contributed by atoms with Crippen LogP contribution in [-0.4, -0.2) is 50.8 Å². The van der Waals surface area contributed by atoms with Crippen molar-refractivity contribution in [1.29, 1.82) is 0 Å². The van der Waals surface area contributed by atoms with E-state index in [0.717, 1.165) is 55.2 Å². The number of likely N-dealkylation sites (tertiary alicyclic amines) is 1. The molecule has 1 aromatic rings. The van der Waals surface area contributed by atoms with Gasteiger partial charge in [0.05, 0.1) is 24.5 Å². The van der Waals surface area contributed by atoms with Gasteiger partial charge in [0.1, 0.15) is 5.75 Å². The summed E-state index contributed by atoms with van der Waals surface area (Å²) in [6.07, 6.45) is 9.52. The summed E-state index contributed by atoms with van der Waals surface area (Å²) >= 11 is 0. The van der Waals surface area contributed by atoms with Gasteiger partial charge in [-0.15, -0.1) is 0 Å². The number of aliphatic hydroxyl groups is 2. The lowest BCUT2D eigenvalue weighted by Gasteiger charge is -2.36. The lowest BCUT2D eigenvalue weighted by molar-refractivity contribution is -0.143. The minimum absolute atomic E-state index is 0.0145. The number of carbonyl (C=O) groups excluding carboxylic acids is 2. The maximum absolute atomic E-state index is 13.6. The number of allylic oxidation sites excluding steroid dienone is 2. The van der Waals surface area contributed by atoms with Gasteiger partial charge >= 0.3 is 0 Å². The largest absolute Gasteiger partial charge is 0.508 e. The van der Waals surface area contributed by atoms with E-state index >= 15 is 0 Å². The lowest BCUT2D eigenvalue weighted by Crippen LogP contribution is -2.42. The van der Waals surface area contributed by atoms with Crippen LogP contribution in [0.2, 0.25) is 0 Å². The summed E-state index contributed by atoms with van der Waals surface area (Å²) < 4.78 is 0. The Labute approximate surface area is 214 Å². The average Bonchev–Trinajstić information content (AvgIpc) is 3.15. The van der Waals surface area contributed by atoms with E-state index in [1.807, 2.05) is 19.1 Å². The second kappa shape index (κ2) is 11.7. The van der Waals surface area contributed by atoms with Crippen molar-refractivity contribution in [3.63, 3.8) is 0 Å². The van der Waals surface area contributed by atoms with Crippen molar-refractivity contribution in [3.05, 3.63) is 46.5 Å². The molecule has 1 aromatic carbocycles. The van der Waals surface area contributed by atoms with E-state index in [9.17, 15) is 24.9 Å². The number of hydrogen-bond acceptors (Lipinski definition) is 5. The molecule has 36 heavy (non-hydrogen) atoms. The number of phenolic OH excluding ortho intramolecular Hbond substituents is 1. The van der Waals surface area contributed by atoms with E-state index in [-0.39, 0.29) is 30.2 Å². The molecule has 6 heteroatoms. The highest BCUT2D eigenvalue weighted by Crippen LogP contribution is 2.48. The summed E-state index contributed by atoms with van der Waals surface area (Å²) in [5.74, 6) is -1.47. The number of imide groups is 1. The Bertz CT molecular complexity index is 1000. The lowest BCUT2D eigenvalue weighted by atomic mass is 9.67. The van der Waals surface area contributed by atoms with Crippen molar-refractivity contribution in [1.82, 2.24) is 4.90 Å². The van der Waals surface area contributed by atoms with E-state index in [0.29, 0.717) is 25.7 Å². The van der Waals surface area contributed by atoms with Crippen molar-refractivity contribution < 1.29 is 24.9 Å². The molecule has 3 N–H and O–H groups in total. The number of benzene rings is 1. The van der Waals surface area contributed by atoms with Crippen molar-refractivity contribution in [3.8, 4) is 5.75 Å². The Kier molecular flexibility index (Phi) is 8.68. The number of phenols is 1. The number of carbonyl (C=O) groups is 2. The predicted molar refractivity (Wildman–Crippen MR) is 140 cm³/mol. The number of amides is 2. The van der Waals surface area contributed by atoms with E-state index in [1.165, 1.54) is 10.5 Å². The smallest absolute Gasteiger partial charge is 0.234 e. The molecule has 4 rings (SSSR count). The van der Waals surface area contributed by atoms with Crippen molar-refractivity contribution >= 4 is 17.9 Å². The SMILES string of the molecule is CCC1=C([C@H](O)CC/C(=C/c2ccc(O)cc2)CC)[C@H](CO)[C@@H]2C(=O)N(C3CCCCC3)C(=O)[C@@H]2C1. The van der Waals surface area contributed by atoms with Crippen LogP contribution in [0.5, 0.6) is 5.75 Å². The summed E-state index contributed by atoms with van der Waals surface area (Å²) in [5.41, 5.74) is 3.99. The second-order valence-electron chi connectivity index (χ2n) is 10.7.